The lowest BCUT2D eigenvalue weighted by Crippen LogP contribution is -2.24. The molecule has 26 heavy (non-hydrogen) atoms. The first-order chi connectivity index (χ1) is 12.7. The van der Waals surface area contributed by atoms with Crippen LogP contribution in [0.25, 0.3) is 22.2 Å². The molecule has 2 N–H and O–H groups in total. The number of furan rings is 1. The summed E-state index contributed by atoms with van der Waals surface area (Å²) in [6.45, 7) is 2.47. The number of carbonyl (C=O) groups is 1. The molecule has 0 atom stereocenters. The second-order valence-electron chi connectivity index (χ2n) is 6.28. The molecule has 0 unspecified atom stereocenters. The molecule has 0 saturated carbocycles. The number of aromatic nitrogens is 2. The number of rotatable bonds is 5. The highest BCUT2D eigenvalue weighted by atomic mass is 16.3. The normalized spacial score (nSPS) is 11.0. The van der Waals surface area contributed by atoms with E-state index in [1.165, 1.54) is 5.56 Å². The number of nitrogens with one attached hydrogen (secondary N) is 2. The van der Waals surface area contributed by atoms with E-state index in [4.69, 9.17) is 4.42 Å². The van der Waals surface area contributed by atoms with Crippen LogP contribution in [-0.4, -0.2) is 15.9 Å². The fraction of sp³-hybridized carbons (Fsp3) is 0.143. The number of carbonyl (C=O) groups excluding carboxylic acids is 1. The zero-order chi connectivity index (χ0) is 17.9. The van der Waals surface area contributed by atoms with Crippen molar-refractivity contribution < 1.29 is 9.21 Å². The van der Waals surface area contributed by atoms with Gasteiger partial charge in [-0.25, -0.2) is 4.98 Å². The second-order valence-corrected chi connectivity index (χ2v) is 6.28. The van der Waals surface area contributed by atoms with Crippen LogP contribution in [0.1, 0.15) is 16.9 Å². The zero-order valence-corrected chi connectivity index (χ0v) is 14.5. The molecule has 4 aromatic rings. The fourth-order valence-corrected chi connectivity index (χ4v) is 3.08. The molecule has 130 valence electrons. The molecular weight excluding hydrogens is 326 g/mol. The number of pyridine rings is 1. The Balaban J connectivity index is 1.57. The molecule has 0 radical (unpaired) electrons. The highest BCUT2D eigenvalue weighted by molar-refractivity contribution is 5.89. The lowest BCUT2D eigenvalue weighted by Gasteiger charge is -2.06. The quantitative estimate of drug-likeness (QED) is 0.574. The number of nitrogens with zero attached hydrogens (tertiary/aromatic N) is 1. The minimum absolute atomic E-state index is 0.0522. The first-order valence-corrected chi connectivity index (χ1v) is 8.52. The molecule has 0 aliphatic heterocycles. The topological polar surface area (TPSA) is 70.9 Å². The number of amides is 1. The average molecular weight is 345 g/mol. The molecular formula is C21H19N3O2. The fourth-order valence-electron chi connectivity index (χ4n) is 3.08. The van der Waals surface area contributed by atoms with Gasteiger partial charge in [0.05, 0.1) is 19.2 Å². The Hall–Kier alpha value is -3.34. The molecule has 1 amide bonds. The van der Waals surface area contributed by atoms with Crippen molar-refractivity contribution in [1.82, 2.24) is 15.3 Å². The van der Waals surface area contributed by atoms with E-state index >= 15 is 0 Å². The highest BCUT2D eigenvalue weighted by Crippen LogP contribution is 2.27. The Morgan fingerprint density at radius 1 is 1.23 bits per heavy atom. The van der Waals surface area contributed by atoms with Crippen molar-refractivity contribution in [1.29, 1.82) is 0 Å². The Bertz CT molecular complexity index is 1050. The van der Waals surface area contributed by atoms with Crippen LogP contribution >= 0.6 is 0 Å². The number of aromatic amines is 1. The minimum atomic E-state index is -0.0522. The number of hydrogen-bond donors (Lipinski definition) is 2. The Morgan fingerprint density at radius 2 is 2.12 bits per heavy atom. The third kappa shape index (κ3) is 3.24. The molecule has 0 spiro atoms. The smallest absolute Gasteiger partial charge is 0.224 e. The summed E-state index contributed by atoms with van der Waals surface area (Å²) in [6, 6.07) is 13.9. The van der Waals surface area contributed by atoms with Crippen molar-refractivity contribution in [2.24, 2.45) is 0 Å². The third-order valence-corrected chi connectivity index (χ3v) is 4.46. The summed E-state index contributed by atoms with van der Waals surface area (Å²) < 4.78 is 5.23. The molecule has 0 aliphatic rings. The van der Waals surface area contributed by atoms with Gasteiger partial charge in [-0.05, 0) is 41.8 Å². The lowest BCUT2D eigenvalue weighted by molar-refractivity contribution is -0.120. The van der Waals surface area contributed by atoms with Gasteiger partial charge >= 0.3 is 0 Å². The molecule has 0 aliphatic carbocycles. The van der Waals surface area contributed by atoms with Crippen LogP contribution in [-0.2, 0) is 17.8 Å². The SMILES string of the molecule is Cc1ccccc1-c1cnc2[nH]cc(CC(=O)NCc3ccco3)c2c1. The van der Waals surface area contributed by atoms with Crippen LogP contribution in [0, 0.1) is 6.92 Å². The van der Waals surface area contributed by atoms with E-state index in [1.54, 1.807) is 12.3 Å². The maximum atomic E-state index is 12.3. The number of benzene rings is 1. The molecule has 5 nitrogen and oxygen atoms in total. The van der Waals surface area contributed by atoms with Gasteiger partial charge in [-0.15, -0.1) is 0 Å². The van der Waals surface area contributed by atoms with E-state index in [1.807, 2.05) is 30.6 Å². The molecule has 5 heteroatoms. The number of hydrogen-bond acceptors (Lipinski definition) is 3. The lowest BCUT2D eigenvalue weighted by atomic mass is 10.0. The summed E-state index contributed by atoms with van der Waals surface area (Å²) in [4.78, 5) is 19.9. The summed E-state index contributed by atoms with van der Waals surface area (Å²) in [7, 11) is 0. The van der Waals surface area contributed by atoms with Crippen molar-refractivity contribution in [2.75, 3.05) is 0 Å². The second kappa shape index (κ2) is 6.88. The molecule has 0 saturated heterocycles. The molecule has 3 heterocycles. The van der Waals surface area contributed by atoms with Crippen LogP contribution in [0.3, 0.4) is 0 Å². The van der Waals surface area contributed by atoms with Crippen LogP contribution < -0.4 is 5.32 Å². The van der Waals surface area contributed by atoms with Gasteiger partial charge in [0, 0.05) is 23.3 Å². The van der Waals surface area contributed by atoms with Crippen LogP contribution in [0.4, 0.5) is 0 Å². The van der Waals surface area contributed by atoms with E-state index in [0.29, 0.717) is 13.0 Å². The maximum Gasteiger partial charge on any atom is 0.224 e. The summed E-state index contributed by atoms with van der Waals surface area (Å²) >= 11 is 0. The van der Waals surface area contributed by atoms with E-state index < -0.39 is 0 Å². The van der Waals surface area contributed by atoms with Crippen molar-refractivity contribution in [3.63, 3.8) is 0 Å². The van der Waals surface area contributed by atoms with Gasteiger partial charge in [0.2, 0.25) is 5.91 Å². The van der Waals surface area contributed by atoms with Crippen molar-refractivity contribution in [3.05, 3.63) is 78.0 Å². The first kappa shape index (κ1) is 16.1. The largest absolute Gasteiger partial charge is 0.467 e. The van der Waals surface area contributed by atoms with Gasteiger partial charge in [-0.3, -0.25) is 4.79 Å². The summed E-state index contributed by atoms with van der Waals surface area (Å²) in [5.41, 5.74) is 5.11. The number of fused-ring (bicyclic) bond motifs is 1. The van der Waals surface area contributed by atoms with Crippen molar-refractivity contribution in [2.45, 2.75) is 19.9 Å². The predicted molar refractivity (Wildman–Crippen MR) is 101 cm³/mol. The van der Waals surface area contributed by atoms with Crippen LogP contribution in [0.15, 0.2) is 65.5 Å². The van der Waals surface area contributed by atoms with Crippen molar-refractivity contribution >= 4 is 16.9 Å². The van der Waals surface area contributed by atoms with E-state index in [2.05, 4.69) is 40.4 Å². The highest BCUT2D eigenvalue weighted by Gasteiger charge is 2.12. The Labute approximate surface area is 151 Å². The Morgan fingerprint density at radius 3 is 2.92 bits per heavy atom. The zero-order valence-electron chi connectivity index (χ0n) is 14.5. The average Bonchev–Trinajstić information content (AvgIpc) is 3.30. The summed E-state index contributed by atoms with van der Waals surface area (Å²) in [5, 5.41) is 3.85. The van der Waals surface area contributed by atoms with Gasteiger partial charge in [-0.1, -0.05) is 24.3 Å². The maximum absolute atomic E-state index is 12.3. The standard InChI is InChI=1S/C21H19N3O2/c1-14-5-2-3-7-18(14)15-9-19-16(12-24-21(19)23-11-15)10-20(25)22-13-17-6-4-8-26-17/h2-9,11-12H,10,13H2,1H3,(H,22,25)(H,23,24). The molecule has 1 aromatic carbocycles. The number of H-pyrrole nitrogens is 1. The van der Waals surface area contributed by atoms with E-state index in [0.717, 1.165) is 33.5 Å². The molecule has 0 bridgehead atoms. The molecule has 3 aromatic heterocycles. The minimum Gasteiger partial charge on any atom is -0.467 e. The van der Waals surface area contributed by atoms with E-state index in [9.17, 15) is 4.79 Å². The monoisotopic (exact) mass is 345 g/mol. The summed E-state index contributed by atoms with van der Waals surface area (Å²) in [5.74, 6) is 0.685. The van der Waals surface area contributed by atoms with Gasteiger partial charge in [0.15, 0.2) is 0 Å². The van der Waals surface area contributed by atoms with Gasteiger partial charge in [0.25, 0.3) is 0 Å². The van der Waals surface area contributed by atoms with Crippen LogP contribution in [0.2, 0.25) is 0 Å². The predicted octanol–water partition coefficient (Wildman–Crippen LogP) is 3.99. The summed E-state index contributed by atoms with van der Waals surface area (Å²) in [6.07, 6.45) is 5.60. The van der Waals surface area contributed by atoms with Gasteiger partial charge in [0.1, 0.15) is 11.4 Å². The number of aryl methyl sites for hydroxylation is 1. The van der Waals surface area contributed by atoms with Crippen molar-refractivity contribution in [3.8, 4) is 11.1 Å². The Kier molecular flexibility index (Phi) is 4.27. The van der Waals surface area contributed by atoms with Crippen LogP contribution in [0.5, 0.6) is 0 Å². The first-order valence-electron chi connectivity index (χ1n) is 8.52. The van der Waals surface area contributed by atoms with E-state index in [-0.39, 0.29) is 5.91 Å². The van der Waals surface area contributed by atoms with Gasteiger partial charge in [-0.2, -0.15) is 0 Å². The third-order valence-electron chi connectivity index (χ3n) is 4.46. The molecule has 4 rings (SSSR count). The van der Waals surface area contributed by atoms with Gasteiger partial charge < -0.3 is 14.7 Å². The molecule has 0 fully saturated rings.